The van der Waals surface area contributed by atoms with Crippen LogP contribution >= 0.6 is 11.6 Å². The molecule has 1 N–H and O–H groups in total. The third-order valence-electron chi connectivity index (χ3n) is 2.28. The number of carbonyl (C=O) groups is 1. The van der Waals surface area contributed by atoms with Gasteiger partial charge in [0.2, 0.25) is 0 Å². The molecule has 0 aliphatic carbocycles. The predicted molar refractivity (Wildman–Crippen MR) is 59.0 cm³/mol. The molecule has 0 bridgehead atoms. The first-order chi connectivity index (χ1) is 8.77. The van der Waals surface area contributed by atoms with Crippen LogP contribution in [0.15, 0.2) is 24.0 Å². The lowest BCUT2D eigenvalue weighted by molar-refractivity contribution is -0.191. The van der Waals surface area contributed by atoms with Gasteiger partial charge in [0.05, 0.1) is 0 Å². The number of hydrogen-bond acceptors (Lipinski definition) is 3. The van der Waals surface area contributed by atoms with Crippen molar-refractivity contribution in [3.63, 3.8) is 0 Å². The van der Waals surface area contributed by atoms with E-state index in [2.05, 4.69) is 4.74 Å². The summed E-state index contributed by atoms with van der Waals surface area (Å²) in [4.78, 5) is 10.4. The van der Waals surface area contributed by atoms with E-state index in [0.717, 1.165) is 6.08 Å². The van der Waals surface area contributed by atoms with E-state index in [1.165, 1.54) is 18.2 Å². The van der Waals surface area contributed by atoms with Gasteiger partial charge in [0, 0.05) is 10.6 Å². The van der Waals surface area contributed by atoms with E-state index < -0.39 is 24.2 Å². The summed E-state index contributed by atoms with van der Waals surface area (Å²) in [6.07, 6.45) is -8.16. The van der Waals surface area contributed by atoms with Crippen LogP contribution in [0.5, 0.6) is 5.75 Å². The van der Waals surface area contributed by atoms with Gasteiger partial charge in [0.15, 0.2) is 5.76 Å². The van der Waals surface area contributed by atoms with Gasteiger partial charge in [-0.05, 0) is 24.3 Å². The fourth-order valence-electron chi connectivity index (χ4n) is 1.57. The molecule has 0 radical (unpaired) electrons. The molecule has 0 fully saturated rings. The first-order valence-electron chi connectivity index (χ1n) is 4.92. The molecule has 4 nitrogen and oxygen atoms in total. The standard InChI is InChI=1S/C11H6ClF3O4/c12-6-1-2-7-5(3-6)4-8(19-10(16)17)9(18-7)11(13,14)15/h1-4,9H,(H,16,17). The summed E-state index contributed by atoms with van der Waals surface area (Å²) in [5, 5.41) is 8.72. The van der Waals surface area contributed by atoms with E-state index in [4.69, 9.17) is 21.4 Å². The first-order valence-corrected chi connectivity index (χ1v) is 5.30. The topological polar surface area (TPSA) is 55.8 Å². The Kier molecular flexibility index (Phi) is 3.32. The Morgan fingerprint density at radius 2 is 2.11 bits per heavy atom. The van der Waals surface area contributed by atoms with Crippen molar-refractivity contribution >= 4 is 23.8 Å². The lowest BCUT2D eigenvalue weighted by atomic mass is 10.1. The lowest BCUT2D eigenvalue weighted by Crippen LogP contribution is -2.39. The Hall–Kier alpha value is -1.89. The molecule has 0 saturated carbocycles. The van der Waals surface area contributed by atoms with E-state index in [-0.39, 0.29) is 16.3 Å². The molecule has 0 aromatic heterocycles. The zero-order chi connectivity index (χ0) is 14.2. The quantitative estimate of drug-likeness (QED) is 0.802. The average molecular weight is 295 g/mol. The fourth-order valence-corrected chi connectivity index (χ4v) is 1.75. The van der Waals surface area contributed by atoms with Crippen molar-refractivity contribution in [2.45, 2.75) is 12.3 Å². The number of fused-ring (bicyclic) bond motifs is 1. The van der Waals surface area contributed by atoms with E-state index in [1.807, 2.05) is 0 Å². The van der Waals surface area contributed by atoms with Gasteiger partial charge in [0.1, 0.15) is 5.75 Å². The second-order valence-electron chi connectivity index (χ2n) is 3.64. The summed E-state index contributed by atoms with van der Waals surface area (Å²) in [6.45, 7) is 0. The van der Waals surface area contributed by atoms with Crippen LogP contribution in [0.2, 0.25) is 5.02 Å². The van der Waals surface area contributed by atoms with Crippen molar-refractivity contribution in [2.75, 3.05) is 0 Å². The smallest absolute Gasteiger partial charge is 0.472 e. The van der Waals surface area contributed by atoms with E-state index in [0.29, 0.717) is 0 Å². The van der Waals surface area contributed by atoms with Crippen molar-refractivity contribution in [3.8, 4) is 5.75 Å². The van der Waals surface area contributed by atoms with Gasteiger partial charge in [-0.2, -0.15) is 13.2 Å². The number of ether oxygens (including phenoxy) is 2. The average Bonchev–Trinajstić information content (AvgIpc) is 2.25. The van der Waals surface area contributed by atoms with Gasteiger partial charge in [0.25, 0.3) is 6.10 Å². The second kappa shape index (κ2) is 4.65. The molecule has 102 valence electrons. The zero-order valence-corrected chi connectivity index (χ0v) is 9.83. The van der Waals surface area contributed by atoms with Crippen LogP contribution in [-0.2, 0) is 4.74 Å². The third kappa shape index (κ3) is 2.93. The van der Waals surface area contributed by atoms with Crippen LogP contribution in [0.1, 0.15) is 5.56 Å². The summed E-state index contributed by atoms with van der Waals surface area (Å²) in [5.74, 6) is -0.903. The minimum Gasteiger partial charge on any atom is -0.472 e. The zero-order valence-electron chi connectivity index (χ0n) is 9.07. The van der Waals surface area contributed by atoms with E-state index >= 15 is 0 Å². The Balaban J connectivity index is 2.46. The number of halogens is 4. The van der Waals surface area contributed by atoms with Crippen LogP contribution in [0.25, 0.3) is 6.08 Å². The first kappa shape index (κ1) is 13.5. The maximum absolute atomic E-state index is 12.8. The molecule has 19 heavy (non-hydrogen) atoms. The largest absolute Gasteiger partial charge is 0.511 e. The number of carboxylic acid groups (broad SMARTS) is 1. The molecule has 1 aromatic rings. The normalized spacial score (nSPS) is 18.1. The van der Waals surface area contributed by atoms with Crippen molar-refractivity contribution in [1.82, 2.24) is 0 Å². The molecule has 1 aliphatic heterocycles. The maximum atomic E-state index is 12.8. The van der Waals surface area contributed by atoms with Crippen molar-refractivity contribution < 1.29 is 32.5 Å². The molecule has 1 atom stereocenters. The maximum Gasteiger partial charge on any atom is 0.511 e. The molecule has 1 unspecified atom stereocenters. The molecule has 0 amide bonds. The second-order valence-corrected chi connectivity index (χ2v) is 4.07. The Labute approximate surface area is 110 Å². The van der Waals surface area contributed by atoms with Crippen LogP contribution in [0.4, 0.5) is 18.0 Å². The summed E-state index contributed by atoms with van der Waals surface area (Å²) < 4.78 is 47.1. The highest BCUT2D eigenvalue weighted by Gasteiger charge is 2.48. The minimum absolute atomic E-state index is 0.0514. The van der Waals surface area contributed by atoms with Crippen LogP contribution in [-0.4, -0.2) is 23.5 Å². The number of benzene rings is 1. The summed E-state index contributed by atoms with van der Waals surface area (Å²) in [5.41, 5.74) is 0.212. The molecule has 1 heterocycles. The minimum atomic E-state index is -4.79. The summed E-state index contributed by atoms with van der Waals surface area (Å²) in [7, 11) is 0. The molecular weight excluding hydrogens is 289 g/mol. The predicted octanol–water partition coefficient (Wildman–Crippen LogP) is 3.70. The highest BCUT2D eigenvalue weighted by Crippen LogP contribution is 2.38. The summed E-state index contributed by atoms with van der Waals surface area (Å²) in [6, 6.07) is 3.98. The Morgan fingerprint density at radius 1 is 1.42 bits per heavy atom. The number of hydrogen-bond donors (Lipinski definition) is 1. The molecular formula is C11H6ClF3O4. The fraction of sp³-hybridized carbons (Fsp3) is 0.182. The molecule has 8 heteroatoms. The highest BCUT2D eigenvalue weighted by atomic mass is 35.5. The van der Waals surface area contributed by atoms with Gasteiger partial charge in [-0.15, -0.1) is 0 Å². The SMILES string of the molecule is O=C(O)OC1=Cc2cc(Cl)ccc2OC1C(F)(F)F. The van der Waals surface area contributed by atoms with Gasteiger partial charge in [-0.1, -0.05) is 11.6 Å². The Morgan fingerprint density at radius 3 is 2.68 bits per heavy atom. The molecule has 2 rings (SSSR count). The Bertz CT molecular complexity index is 553. The highest BCUT2D eigenvalue weighted by molar-refractivity contribution is 6.30. The van der Waals surface area contributed by atoms with Crippen LogP contribution in [0, 0.1) is 0 Å². The van der Waals surface area contributed by atoms with Gasteiger partial charge in [-0.3, -0.25) is 0 Å². The van der Waals surface area contributed by atoms with Crippen molar-refractivity contribution in [1.29, 1.82) is 0 Å². The van der Waals surface area contributed by atoms with E-state index in [1.54, 1.807) is 0 Å². The van der Waals surface area contributed by atoms with Crippen LogP contribution in [0.3, 0.4) is 0 Å². The summed E-state index contributed by atoms with van der Waals surface area (Å²) >= 11 is 5.69. The van der Waals surface area contributed by atoms with Crippen LogP contribution < -0.4 is 4.74 Å². The van der Waals surface area contributed by atoms with Crippen molar-refractivity contribution in [3.05, 3.63) is 34.5 Å². The monoisotopic (exact) mass is 294 g/mol. The molecule has 1 aliphatic rings. The van der Waals surface area contributed by atoms with Crippen molar-refractivity contribution in [2.24, 2.45) is 0 Å². The third-order valence-corrected chi connectivity index (χ3v) is 2.51. The molecule has 0 saturated heterocycles. The molecule has 0 spiro atoms. The number of rotatable bonds is 1. The van der Waals surface area contributed by atoms with E-state index in [9.17, 15) is 18.0 Å². The van der Waals surface area contributed by atoms with Gasteiger partial charge < -0.3 is 14.6 Å². The number of alkyl halides is 3. The molecule has 1 aromatic carbocycles. The lowest BCUT2D eigenvalue weighted by Gasteiger charge is -2.27. The van der Waals surface area contributed by atoms with Gasteiger partial charge in [-0.25, -0.2) is 4.79 Å². The van der Waals surface area contributed by atoms with Gasteiger partial charge >= 0.3 is 12.3 Å².